The van der Waals surface area contributed by atoms with Crippen LogP contribution in [0, 0.1) is 6.92 Å². The van der Waals surface area contributed by atoms with Crippen molar-refractivity contribution >= 4 is 40.3 Å². The number of thiophene rings is 1. The Kier molecular flexibility index (Phi) is 5.62. The van der Waals surface area contributed by atoms with Gasteiger partial charge in [-0.05, 0) is 42.4 Å². The van der Waals surface area contributed by atoms with Crippen LogP contribution in [0.5, 0.6) is 0 Å². The SMILES string of the molecule is CCN1CCN(c2nc(-c3cccs3)cc3ccc(C)cc23)CC1.Cl. The number of aryl methyl sites for hydroxylation is 1. The summed E-state index contributed by atoms with van der Waals surface area (Å²) in [6.07, 6.45) is 0. The molecule has 1 saturated heterocycles. The van der Waals surface area contributed by atoms with Crippen molar-refractivity contribution in [3.8, 4) is 10.6 Å². The molecule has 3 heterocycles. The van der Waals surface area contributed by atoms with Crippen LogP contribution in [0.2, 0.25) is 0 Å². The number of anilines is 1. The van der Waals surface area contributed by atoms with E-state index in [0.717, 1.165) is 44.2 Å². The summed E-state index contributed by atoms with van der Waals surface area (Å²) in [6, 6.07) is 13.2. The summed E-state index contributed by atoms with van der Waals surface area (Å²) in [5, 5.41) is 4.68. The number of hydrogen-bond donors (Lipinski definition) is 0. The van der Waals surface area contributed by atoms with Crippen LogP contribution in [0.25, 0.3) is 21.3 Å². The highest BCUT2D eigenvalue weighted by atomic mass is 35.5. The summed E-state index contributed by atoms with van der Waals surface area (Å²) in [5.41, 5.74) is 2.39. The van der Waals surface area contributed by atoms with Crippen molar-refractivity contribution in [3.05, 3.63) is 47.3 Å². The predicted molar refractivity (Wildman–Crippen MR) is 111 cm³/mol. The van der Waals surface area contributed by atoms with Gasteiger partial charge in [-0.15, -0.1) is 23.7 Å². The minimum Gasteiger partial charge on any atom is -0.354 e. The summed E-state index contributed by atoms with van der Waals surface area (Å²) in [5.74, 6) is 1.15. The molecular weight excluding hydrogens is 350 g/mol. The molecular formula is C20H24ClN3S. The molecule has 3 nitrogen and oxygen atoms in total. The molecule has 25 heavy (non-hydrogen) atoms. The van der Waals surface area contributed by atoms with Crippen LogP contribution in [0.4, 0.5) is 5.82 Å². The fraction of sp³-hybridized carbons (Fsp3) is 0.350. The molecule has 0 amide bonds. The molecule has 2 aromatic heterocycles. The summed E-state index contributed by atoms with van der Waals surface area (Å²) in [6.45, 7) is 9.88. The molecule has 0 N–H and O–H groups in total. The standard InChI is InChI=1S/C20H23N3S.ClH/c1-3-22-8-10-23(11-9-22)20-17-13-15(2)6-7-16(17)14-18(21-20)19-5-4-12-24-19;/h4-7,12-14H,3,8-11H2,1-2H3;1H. The third-order valence-electron chi connectivity index (χ3n) is 4.86. The Bertz CT molecular complexity index is 840. The van der Waals surface area contributed by atoms with E-state index < -0.39 is 0 Å². The average Bonchev–Trinajstić information content (AvgIpc) is 3.16. The number of halogens is 1. The van der Waals surface area contributed by atoms with Crippen LogP contribution in [0.1, 0.15) is 12.5 Å². The van der Waals surface area contributed by atoms with Gasteiger partial charge in [-0.1, -0.05) is 30.7 Å². The maximum Gasteiger partial charge on any atom is 0.137 e. The zero-order valence-corrected chi connectivity index (χ0v) is 16.4. The molecule has 1 aromatic carbocycles. The highest BCUT2D eigenvalue weighted by Gasteiger charge is 2.20. The van der Waals surface area contributed by atoms with Crippen molar-refractivity contribution < 1.29 is 0 Å². The highest BCUT2D eigenvalue weighted by molar-refractivity contribution is 7.13. The van der Waals surface area contributed by atoms with E-state index in [2.05, 4.69) is 65.4 Å². The van der Waals surface area contributed by atoms with Gasteiger partial charge in [0.1, 0.15) is 5.82 Å². The van der Waals surface area contributed by atoms with Gasteiger partial charge in [0.2, 0.25) is 0 Å². The zero-order chi connectivity index (χ0) is 16.5. The monoisotopic (exact) mass is 373 g/mol. The smallest absolute Gasteiger partial charge is 0.137 e. The fourth-order valence-corrected chi connectivity index (χ4v) is 4.10. The first kappa shape index (κ1) is 18.2. The highest BCUT2D eigenvalue weighted by Crippen LogP contribution is 2.33. The lowest BCUT2D eigenvalue weighted by Crippen LogP contribution is -2.46. The molecule has 0 saturated carbocycles. The number of piperazine rings is 1. The predicted octanol–water partition coefficient (Wildman–Crippen LogP) is 4.84. The molecule has 1 fully saturated rings. The van der Waals surface area contributed by atoms with E-state index in [9.17, 15) is 0 Å². The first-order valence-corrected chi connectivity index (χ1v) is 9.55. The topological polar surface area (TPSA) is 19.4 Å². The Morgan fingerprint density at radius 1 is 1.08 bits per heavy atom. The molecule has 5 heteroatoms. The third kappa shape index (κ3) is 3.66. The van der Waals surface area contributed by atoms with E-state index in [4.69, 9.17) is 4.98 Å². The van der Waals surface area contributed by atoms with Crippen molar-refractivity contribution in [2.45, 2.75) is 13.8 Å². The van der Waals surface area contributed by atoms with Crippen molar-refractivity contribution in [1.82, 2.24) is 9.88 Å². The number of pyridine rings is 1. The Morgan fingerprint density at radius 2 is 1.88 bits per heavy atom. The van der Waals surface area contributed by atoms with Gasteiger partial charge in [-0.25, -0.2) is 4.98 Å². The van der Waals surface area contributed by atoms with Crippen LogP contribution in [-0.4, -0.2) is 42.6 Å². The molecule has 1 aliphatic heterocycles. The number of likely N-dealkylation sites (N-methyl/N-ethyl adjacent to an activating group) is 1. The van der Waals surface area contributed by atoms with Gasteiger partial charge in [0, 0.05) is 31.6 Å². The molecule has 0 atom stereocenters. The van der Waals surface area contributed by atoms with Gasteiger partial charge in [0.15, 0.2) is 0 Å². The second kappa shape index (κ2) is 7.73. The normalized spacial score (nSPS) is 15.4. The Labute approximate surface area is 159 Å². The van der Waals surface area contributed by atoms with Crippen LogP contribution in [0.3, 0.4) is 0 Å². The second-order valence-electron chi connectivity index (χ2n) is 6.45. The largest absolute Gasteiger partial charge is 0.354 e. The average molecular weight is 374 g/mol. The van der Waals surface area contributed by atoms with E-state index in [1.54, 1.807) is 11.3 Å². The maximum atomic E-state index is 5.08. The molecule has 0 aliphatic carbocycles. The van der Waals surface area contributed by atoms with E-state index in [1.165, 1.54) is 21.2 Å². The Balaban J connectivity index is 0.00000182. The van der Waals surface area contributed by atoms with E-state index in [1.807, 2.05) is 0 Å². The number of hydrogen-bond acceptors (Lipinski definition) is 4. The minimum atomic E-state index is 0. The number of aromatic nitrogens is 1. The number of rotatable bonds is 3. The van der Waals surface area contributed by atoms with Crippen molar-refractivity contribution in [2.75, 3.05) is 37.6 Å². The summed E-state index contributed by atoms with van der Waals surface area (Å²) in [7, 11) is 0. The number of fused-ring (bicyclic) bond motifs is 1. The van der Waals surface area contributed by atoms with Gasteiger partial charge >= 0.3 is 0 Å². The van der Waals surface area contributed by atoms with Crippen LogP contribution in [-0.2, 0) is 0 Å². The van der Waals surface area contributed by atoms with Gasteiger partial charge < -0.3 is 9.80 Å². The quantitative estimate of drug-likeness (QED) is 0.655. The fourth-order valence-electron chi connectivity index (χ4n) is 3.41. The molecule has 0 bridgehead atoms. The summed E-state index contributed by atoms with van der Waals surface area (Å²) in [4.78, 5) is 11.3. The second-order valence-corrected chi connectivity index (χ2v) is 7.40. The molecule has 132 valence electrons. The molecule has 3 aromatic rings. The first-order chi connectivity index (χ1) is 11.7. The summed E-state index contributed by atoms with van der Waals surface area (Å²) >= 11 is 1.76. The molecule has 1 aliphatic rings. The molecule has 0 spiro atoms. The number of nitrogens with zero attached hydrogens (tertiary/aromatic N) is 3. The zero-order valence-electron chi connectivity index (χ0n) is 14.7. The molecule has 0 radical (unpaired) electrons. The van der Waals surface area contributed by atoms with Crippen molar-refractivity contribution in [3.63, 3.8) is 0 Å². The van der Waals surface area contributed by atoms with Crippen LogP contribution in [0.15, 0.2) is 41.8 Å². The van der Waals surface area contributed by atoms with Gasteiger partial charge in [0.25, 0.3) is 0 Å². The third-order valence-corrected chi connectivity index (χ3v) is 5.75. The van der Waals surface area contributed by atoms with E-state index in [0.29, 0.717) is 0 Å². The number of benzene rings is 1. The minimum absolute atomic E-state index is 0. The molecule has 0 unspecified atom stereocenters. The van der Waals surface area contributed by atoms with Crippen molar-refractivity contribution in [2.24, 2.45) is 0 Å². The van der Waals surface area contributed by atoms with Gasteiger partial charge in [-0.3, -0.25) is 0 Å². The van der Waals surface area contributed by atoms with Gasteiger partial charge in [0.05, 0.1) is 10.6 Å². The van der Waals surface area contributed by atoms with Crippen molar-refractivity contribution in [1.29, 1.82) is 0 Å². The molecule has 4 rings (SSSR count). The van der Waals surface area contributed by atoms with E-state index in [-0.39, 0.29) is 12.4 Å². The lowest BCUT2D eigenvalue weighted by atomic mass is 10.1. The first-order valence-electron chi connectivity index (χ1n) is 8.67. The maximum absolute atomic E-state index is 5.08. The lowest BCUT2D eigenvalue weighted by Gasteiger charge is -2.35. The Morgan fingerprint density at radius 3 is 2.56 bits per heavy atom. The van der Waals surface area contributed by atoms with Crippen LogP contribution >= 0.6 is 23.7 Å². The van der Waals surface area contributed by atoms with E-state index >= 15 is 0 Å². The van der Waals surface area contributed by atoms with Crippen LogP contribution < -0.4 is 4.90 Å². The lowest BCUT2D eigenvalue weighted by molar-refractivity contribution is 0.271. The van der Waals surface area contributed by atoms with Gasteiger partial charge in [-0.2, -0.15) is 0 Å². The summed E-state index contributed by atoms with van der Waals surface area (Å²) < 4.78 is 0. The Hall–Kier alpha value is -1.62.